The maximum absolute atomic E-state index is 13.0. The number of allylic oxidation sites excluding steroid dienone is 1. The average molecular weight is 362 g/mol. The number of hydrogen-bond donors (Lipinski definition) is 1. The van der Waals surface area contributed by atoms with Gasteiger partial charge in [0.05, 0.1) is 11.3 Å². The Morgan fingerprint density at radius 2 is 1.69 bits per heavy atom. The Kier molecular flexibility index (Phi) is 5.82. The molecule has 0 fully saturated rings. The molecule has 1 N–H and O–H groups in total. The second-order valence-electron chi connectivity index (χ2n) is 5.72. The summed E-state index contributed by atoms with van der Waals surface area (Å²) in [6, 6.07) is 10.7. The second kappa shape index (κ2) is 7.86. The SMILES string of the molecule is CN(C)/C=C/C(=O)c1ccc(C(F)(F)F)cc1NC(=O)c1ccccc1. The number of anilines is 1. The van der Waals surface area contributed by atoms with E-state index in [4.69, 9.17) is 0 Å². The number of halogens is 3. The molecule has 7 heteroatoms. The fraction of sp³-hybridized carbons (Fsp3) is 0.158. The third kappa shape index (κ3) is 4.95. The highest BCUT2D eigenvalue weighted by Gasteiger charge is 2.31. The lowest BCUT2D eigenvalue weighted by Gasteiger charge is -2.13. The van der Waals surface area contributed by atoms with Crippen LogP contribution >= 0.6 is 0 Å². The van der Waals surface area contributed by atoms with Gasteiger partial charge in [-0.25, -0.2) is 0 Å². The van der Waals surface area contributed by atoms with Crippen LogP contribution in [0.3, 0.4) is 0 Å². The van der Waals surface area contributed by atoms with Gasteiger partial charge in [0.2, 0.25) is 0 Å². The minimum absolute atomic E-state index is 0.0274. The van der Waals surface area contributed by atoms with Crippen molar-refractivity contribution < 1.29 is 22.8 Å². The van der Waals surface area contributed by atoms with E-state index < -0.39 is 23.4 Å². The monoisotopic (exact) mass is 362 g/mol. The molecule has 1 amide bonds. The molecule has 2 aromatic carbocycles. The number of nitrogens with one attached hydrogen (secondary N) is 1. The Balaban J connectivity index is 2.42. The average Bonchev–Trinajstić information content (AvgIpc) is 2.59. The van der Waals surface area contributed by atoms with Crippen LogP contribution in [-0.4, -0.2) is 30.7 Å². The summed E-state index contributed by atoms with van der Waals surface area (Å²) in [7, 11) is 3.41. The van der Waals surface area contributed by atoms with Gasteiger partial charge in [-0.05, 0) is 30.3 Å². The van der Waals surface area contributed by atoms with E-state index >= 15 is 0 Å². The minimum atomic E-state index is -4.59. The van der Waals surface area contributed by atoms with Gasteiger partial charge in [-0.3, -0.25) is 9.59 Å². The van der Waals surface area contributed by atoms with Gasteiger partial charge in [0.1, 0.15) is 0 Å². The number of ketones is 1. The molecular weight excluding hydrogens is 345 g/mol. The highest BCUT2D eigenvalue weighted by molar-refractivity contribution is 6.12. The van der Waals surface area contributed by atoms with E-state index in [9.17, 15) is 22.8 Å². The van der Waals surface area contributed by atoms with Crippen molar-refractivity contribution in [1.29, 1.82) is 0 Å². The first kappa shape index (κ1) is 19.2. The first-order valence-corrected chi connectivity index (χ1v) is 7.65. The zero-order valence-corrected chi connectivity index (χ0v) is 14.2. The van der Waals surface area contributed by atoms with Crippen LogP contribution in [0.1, 0.15) is 26.3 Å². The van der Waals surface area contributed by atoms with Crippen molar-refractivity contribution in [2.24, 2.45) is 0 Å². The third-order valence-corrected chi connectivity index (χ3v) is 3.42. The lowest BCUT2D eigenvalue weighted by Crippen LogP contribution is -2.16. The van der Waals surface area contributed by atoms with Crippen LogP contribution in [0.4, 0.5) is 18.9 Å². The van der Waals surface area contributed by atoms with E-state index in [0.717, 1.165) is 18.2 Å². The molecule has 0 saturated carbocycles. The Labute approximate surface area is 148 Å². The third-order valence-electron chi connectivity index (χ3n) is 3.42. The number of alkyl halides is 3. The molecule has 0 aliphatic heterocycles. The van der Waals surface area contributed by atoms with Gasteiger partial charge < -0.3 is 10.2 Å². The number of carbonyl (C=O) groups excluding carboxylic acids is 2. The zero-order valence-electron chi connectivity index (χ0n) is 14.2. The number of carbonyl (C=O) groups is 2. The van der Waals surface area contributed by atoms with Crippen molar-refractivity contribution in [2.75, 3.05) is 19.4 Å². The Bertz CT molecular complexity index is 828. The van der Waals surface area contributed by atoms with E-state index in [1.807, 2.05) is 0 Å². The molecule has 0 bridgehead atoms. The van der Waals surface area contributed by atoms with Crippen LogP contribution < -0.4 is 5.32 Å². The number of rotatable bonds is 5. The first-order chi connectivity index (χ1) is 12.2. The van der Waals surface area contributed by atoms with Crippen molar-refractivity contribution in [3.63, 3.8) is 0 Å². The molecule has 0 atom stereocenters. The van der Waals surface area contributed by atoms with E-state index in [0.29, 0.717) is 0 Å². The van der Waals surface area contributed by atoms with Gasteiger partial charge >= 0.3 is 6.18 Å². The van der Waals surface area contributed by atoms with Gasteiger partial charge in [-0.15, -0.1) is 0 Å². The standard InChI is InChI=1S/C19H17F3N2O2/c1-24(2)11-10-17(25)15-9-8-14(19(20,21)22)12-16(15)23-18(26)13-6-4-3-5-7-13/h3-12H,1-2H3,(H,23,26)/b11-10+. The summed E-state index contributed by atoms with van der Waals surface area (Å²) in [5, 5.41) is 2.40. The summed E-state index contributed by atoms with van der Waals surface area (Å²) in [5.41, 5.74) is -0.899. The molecular formula is C19H17F3N2O2. The fourth-order valence-corrected chi connectivity index (χ4v) is 2.13. The molecule has 26 heavy (non-hydrogen) atoms. The minimum Gasteiger partial charge on any atom is -0.383 e. The molecule has 0 aliphatic rings. The summed E-state index contributed by atoms with van der Waals surface area (Å²) in [6.07, 6.45) is -1.89. The van der Waals surface area contributed by atoms with Crippen LogP contribution in [0, 0.1) is 0 Å². The Hall–Kier alpha value is -3.09. The van der Waals surface area contributed by atoms with Crippen LogP contribution in [-0.2, 0) is 6.18 Å². The topological polar surface area (TPSA) is 49.4 Å². The summed E-state index contributed by atoms with van der Waals surface area (Å²) >= 11 is 0. The van der Waals surface area contributed by atoms with E-state index in [2.05, 4.69) is 5.32 Å². The molecule has 0 saturated heterocycles. The van der Waals surface area contributed by atoms with Gasteiger partial charge in [-0.1, -0.05) is 18.2 Å². The largest absolute Gasteiger partial charge is 0.416 e. The predicted octanol–water partition coefficient (Wildman–Crippen LogP) is 4.22. The number of nitrogens with zero attached hydrogens (tertiary/aromatic N) is 1. The number of amides is 1. The summed E-state index contributed by atoms with van der Waals surface area (Å²) in [4.78, 5) is 26.2. The molecule has 0 heterocycles. The molecule has 0 aromatic heterocycles. The van der Waals surface area contributed by atoms with E-state index in [-0.39, 0.29) is 16.8 Å². The van der Waals surface area contributed by atoms with Gasteiger partial charge in [0, 0.05) is 37.5 Å². The quantitative estimate of drug-likeness (QED) is 0.640. The lowest BCUT2D eigenvalue weighted by molar-refractivity contribution is -0.137. The normalized spacial score (nSPS) is 11.4. The number of benzene rings is 2. The van der Waals surface area contributed by atoms with Crippen LogP contribution in [0.25, 0.3) is 0 Å². The van der Waals surface area contributed by atoms with Crippen LogP contribution in [0.2, 0.25) is 0 Å². The number of hydrogen-bond acceptors (Lipinski definition) is 3. The predicted molar refractivity (Wildman–Crippen MR) is 93.0 cm³/mol. The molecule has 0 unspecified atom stereocenters. The highest BCUT2D eigenvalue weighted by atomic mass is 19.4. The van der Waals surface area contributed by atoms with Crippen LogP contribution in [0.15, 0.2) is 60.8 Å². The van der Waals surface area contributed by atoms with Crippen LogP contribution in [0.5, 0.6) is 0 Å². The Morgan fingerprint density at radius 3 is 2.27 bits per heavy atom. The molecule has 2 aromatic rings. The van der Waals surface area contributed by atoms with Crippen molar-refractivity contribution >= 4 is 17.4 Å². The summed E-state index contributed by atoms with van der Waals surface area (Å²) in [5.74, 6) is -1.12. The summed E-state index contributed by atoms with van der Waals surface area (Å²) in [6.45, 7) is 0. The lowest BCUT2D eigenvalue weighted by atomic mass is 10.0. The molecule has 4 nitrogen and oxygen atoms in total. The Morgan fingerprint density at radius 1 is 1.04 bits per heavy atom. The maximum atomic E-state index is 13.0. The highest BCUT2D eigenvalue weighted by Crippen LogP contribution is 2.32. The van der Waals surface area contributed by atoms with Crippen molar-refractivity contribution in [2.45, 2.75) is 6.18 Å². The molecule has 0 spiro atoms. The second-order valence-corrected chi connectivity index (χ2v) is 5.72. The zero-order chi connectivity index (χ0) is 19.3. The smallest absolute Gasteiger partial charge is 0.383 e. The van der Waals surface area contributed by atoms with Crippen molar-refractivity contribution in [3.8, 4) is 0 Å². The van der Waals surface area contributed by atoms with Crippen molar-refractivity contribution in [1.82, 2.24) is 4.90 Å². The molecule has 0 aliphatic carbocycles. The van der Waals surface area contributed by atoms with Gasteiger partial charge in [0.25, 0.3) is 5.91 Å². The molecule has 136 valence electrons. The molecule has 0 radical (unpaired) electrons. The van der Waals surface area contributed by atoms with Gasteiger partial charge in [0.15, 0.2) is 5.78 Å². The van der Waals surface area contributed by atoms with E-state index in [1.54, 1.807) is 37.2 Å². The first-order valence-electron chi connectivity index (χ1n) is 7.65. The van der Waals surface area contributed by atoms with E-state index in [1.165, 1.54) is 24.4 Å². The van der Waals surface area contributed by atoms with Crippen molar-refractivity contribution in [3.05, 3.63) is 77.5 Å². The van der Waals surface area contributed by atoms with Gasteiger partial charge in [-0.2, -0.15) is 13.2 Å². The molecule has 2 rings (SSSR count). The maximum Gasteiger partial charge on any atom is 0.416 e. The summed E-state index contributed by atoms with van der Waals surface area (Å²) < 4.78 is 39.0. The fourth-order valence-electron chi connectivity index (χ4n) is 2.13.